The Balaban J connectivity index is 1.74. The van der Waals surface area contributed by atoms with Gasteiger partial charge >= 0.3 is 0 Å². The molecule has 0 bridgehead atoms. The van der Waals surface area contributed by atoms with Crippen LogP contribution in [0.4, 0.5) is 0 Å². The first kappa shape index (κ1) is 12.2. The molecule has 2 nitrogen and oxygen atoms in total. The van der Waals surface area contributed by atoms with Crippen LogP contribution in [0.2, 0.25) is 0 Å². The molecule has 1 atom stereocenters. The van der Waals surface area contributed by atoms with Crippen molar-refractivity contribution in [1.29, 1.82) is 0 Å². The summed E-state index contributed by atoms with van der Waals surface area (Å²) in [6, 6.07) is 0.426. The molecule has 98 valence electrons. The average molecular weight is 263 g/mol. The van der Waals surface area contributed by atoms with E-state index in [9.17, 15) is 4.79 Å². The molecule has 3 rings (SSSR count). The minimum Gasteiger partial charge on any atom is -0.349 e. The zero-order valence-corrected chi connectivity index (χ0v) is 11.8. The lowest BCUT2D eigenvalue weighted by molar-refractivity contribution is 0.0937. The van der Waals surface area contributed by atoms with Crippen LogP contribution >= 0.6 is 11.3 Å². The average Bonchev–Trinajstić information content (AvgIpc) is 2.97. The van der Waals surface area contributed by atoms with Gasteiger partial charge in [-0.05, 0) is 43.6 Å². The molecule has 0 aromatic carbocycles. The Morgan fingerprint density at radius 3 is 2.89 bits per heavy atom. The van der Waals surface area contributed by atoms with Crippen molar-refractivity contribution in [3.63, 3.8) is 0 Å². The van der Waals surface area contributed by atoms with E-state index < -0.39 is 0 Å². The van der Waals surface area contributed by atoms with Crippen molar-refractivity contribution in [2.45, 2.75) is 57.9 Å². The van der Waals surface area contributed by atoms with Gasteiger partial charge in [0.05, 0.1) is 5.56 Å². The van der Waals surface area contributed by atoms with Crippen molar-refractivity contribution in [1.82, 2.24) is 5.32 Å². The van der Waals surface area contributed by atoms with Crippen LogP contribution in [0.25, 0.3) is 0 Å². The summed E-state index contributed by atoms with van der Waals surface area (Å²) in [4.78, 5) is 13.8. The van der Waals surface area contributed by atoms with Crippen molar-refractivity contribution >= 4 is 17.2 Å². The predicted molar refractivity (Wildman–Crippen MR) is 75.2 cm³/mol. The molecule has 2 aliphatic rings. The summed E-state index contributed by atoms with van der Waals surface area (Å²) in [5, 5.41) is 5.29. The number of fused-ring (bicyclic) bond motifs is 1. The van der Waals surface area contributed by atoms with Gasteiger partial charge in [-0.1, -0.05) is 19.8 Å². The van der Waals surface area contributed by atoms with Gasteiger partial charge in [-0.2, -0.15) is 0 Å². The SMILES string of the molecule is CC1CCc2c(C(=O)NC3CCCC3)csc2C1. The Kier molecular flexibility index (Phi) is 3.42. The first-order valence-corrected chi connectivity index (χ1v) is 8.02. The second kappa shape index (κ2) is 5.04. The first-order chi connectivity index (χ1) is 8.74. The minimum absolute atomic E-state index is 0.175. The molecule has 1 heterocycles. The lowest BCUT2D eigenvalue weighted by atomic mass is 9.88. The maximum Gasteiger partial charge on any atom is 0.252 e. The molecule has 1 fully saturated rings. The smallest absolute Gasteiger partial charge is 0.252 e. The second-order valence-electron chi connectivity index (χ2n) is 5.85. The lowest BCUT2D eigenvalue weighted by Gasteiger charge is -2.19. The Morgan fingerprint density at radius 2 is 2.11 bits per heavy atom. The van der Waals surface area contributed by atoms with Crippen LogP contribution in [0.1, 0.15) is 59.8 Å². The Hall–Kier alpha value is -0.830. The fourth-order valence-corrected chi connectivity index (χ4v) is 4.45. The summed E-state index contributed by atoms with van der Waals surface area (Å²) in [6.07, 6.45) is 8.34. The van der Waals surface area contributed by atoms with Crippen LogP contribution in [0.15, 0.2) is 5.38 Å². The molecule has 1 amide bonds. The van der Waals surface area contributed by atoms with Crippen molar-refractivity contribution in [3.05, 3.63) is 21.4 Å². The van der Waals surface area contributed by atoms with Gasteiger partial charge in [-0.25, -0.2) is 0 Å². The first-order valence-electron chi connectivity index (χ1n) is 7.14. The molecule has 0 spiro atoms. The summed E-state index contributed by atoms with van der Waals surface area (Å²) >= 11 is 1.78. The molecular weight excluding hydrogens is 242 g/mol. The van der Waals surface area contributed by atoms with Gasteiger partial charge < -0.3 is 5.32 Å². The fraction of sp³-hybridized carbons (Fsp3) is 0.667. The number of rotatable bonds is 2. The highest BCUT2D eigenvalue weighted by molar-refractivity contribution is 7.10. The molecule has 1 unspecified atom stereocenters. The maximum atomic E-state index is 12.3. The Morgan fingerprint density at radius 1 is 1.33 bits per heavy atom. The number of hydrogen-bond donors (Lipinski definition) is 1. The summed E-state index contributed by atoms with van der Waals surface area (Å²) < 4.78 is 0. The highest BCUT2D eigenvalue weighted by Gasteiger charge is 2.25. The molecule has 0 aliphatic heterocycles. The summed E-state index contributed by atoms with van der Waals surface area (Å²) in [5.41, 5.74) is 2.31. The number of carbonyl (C=O) groups is 1. The van der Waals surface area contributed by atoms with Gasteiger partial charge in [0.25, 0.3) is 5.91 Å². The molecule has 1 saturated carbocycles. The zero-order chi connectivity index (χ0) is 12.5. The Bertz CT molecular complexity index is 445. The monoisotopic (exact) mass is 263 g/mol. The normalized spacial score (nSPS) is 23.9. The molecule has 1 aromatic heterocycles. The van der Waals surface area contributed by atoms with Crippen molar-refractivity contribution < 1.29 is 4.79 Å². The number of amides is 1. The van der Waals surface area contributed by atoms with Crippen LogP contribution in [0.3, 0.4) is 0 Å². The van der Waals surface area contributed by atoms with E-state index in [1.165, 1.54) is 29.7 Å². The second-order valence-corrected chi connectivity index (χ2v) is 6.82. The van der Waals surface area contributed by atoms with E-state index in [0.29, 0.717) is 6.04 Å². The molecule has 0 saturated heterocycles. The maximum absolute atomic E-state index is 12.3. The molecule has 2 aliphatic carbocycles. The van der Waals surface area contributed by atoms with E-state index >= 15 is 0 Å². The standard InChI is InChI=1S/C15H21NOS/c1-10-6-7-12-13(9-18-14(12)8-10)15(17)16-11-4-2-3-5-11/h9-11H,2-8H2,1H3,(H,16,17). The topological polar surface area (TPSA) is 29.1 Å². The van der Waals surface area contributed by atoms with E-state index in [-0.39, 0.29) is 5.91 Å². The third kappa shape index (κ3) is 2.33. The minimum atomic E-state index is 0.175. The molecule has 1 aromatic rings. The zero-order valence-electron chi connectivity index (χ0n) is 11.0. The van der Waals surface area contributed by atoms with Gasteiger partial charge in [0, 0.05) is 16.3 Å². The van der Waals surface area contributed by atoms with Gasteiger partial charge in [-0.15, -0.1) is 11.3 Å². The van der Waals surface area contributed by atoms with Gasteiger partial charge in [0.1, 0.15) is 0 Å². The van der Waals surface area contributed by atoms with Crippen LogP contribution in [-0.2, 0) is 12.8 Å². The number of nitrogens with one attached hydrogen (secondary N) is 1. The van der Waals surface area contributed by atoms with Crippen molar-refractivity contribution in [2.75, 3.05) is 0 Å². The third-order valence-electron chi connectivity index (χ3n) is 4.34. The van der Waals surface area contributed by atoms with Crippen molar-refractivity contribution in [3.8, 4) is 0 Å². The van der Waals surface area contributed by atoms with Gasteiger partial charge in [0.15, 0.2) is 0 Å². The molecule has 1 N–H and O–H groups in total. The quantitative estimate of drug-likeness (QED) is 0.868. The summed E-state index contributed by atoms with van der Waals surface area (Å²) in [5.74, 6) is 0.954. The van der Waals surface area contributed by atoms with E-state index in [0.717, 1.165) is 37.2 Å². The molecule has 18 heavy (non-hydrogen) atoms. The number of hydrogen-bond acceptors (Lipinski definition) is 2. The predicted octanol–water partition coefficient (Wildman–Crippen LogP) is 3.55. The van der Waals surface area contributed by atoms with Gasteiger partial charge in [-0.3, -0.25) is 4.79 Å². The van der Waals surface area contributed by atoms with E-state index in [1.54, 1.807) is 11.3 Å². The summed E-state index contributed by atoms with van der Waals surface area (Å²) in [6.45, 7) is 2.31. The van der Waals surface area contributed by atoms with E-state index in [2.05, 4.69) is 17.6 Å². The third-order valence-corrected chi connectivity index (χ3v) is 5.39. The number of thiophene rings is 1. The largest absolute Gasteiger partial charge is 0.349 e. The van der Waals surface area contributed by atoms with E-state index in [4.69, 9.17) is 0 Å². The fourth-order valence-electron chi connectivity index (χ4n) is 3.20. The van der Waals surface area contributed by atoms with Crippen molar-refractivity contribution in [2.24, 2.45) is 5.92 Å². The number of carbonyl (C=O) groups excluding carboxylic acids is 1. The van der Waals surface area contributed by atoms with Crippen LogP contribution in [-0.4, -0.2) is 11.9 Å². The summed E-state index contributed by atoms with van der Waals surface area (Å²) in [7, 11) is 0. The van der Waals surface area contributed by atoms with Crippen LogP contribution < -0.4 is 5.32 Å². The molecule has 0 radical (unpaired) electrons. The Labute approximate surface area is 113 Å². The van der Waals surface area contributed by atoms with Gasteiger partial charge in [0.2, 0.25) is 0 Å². The highest BCUT2D eigenvalue weighted by atomic mass is 32.1. The van der Waals surface area contributed by atoms with E-state index in [1.807, 2.05) is 0 Å². The molecule has 3 heteroatoms. The van der Waals surface area contributed by atoms with Crippen LogP contribution in [0, 0.1) is 5.92 Å². The van der Waals surface area contributed by atoms with Crippen LogP contribution in [0.5, 0.6) is 0 Å². The highest BCUT2D eigenvalue weighted by Crippen LogP contribution is 2.33. The lowest BCUT2D eigenvalue weighted by Crippen LogP contribution is -2.33. The molecular formula is C15H21NOS.